The second-order valence-corrected chi connectivity index (χ2v) is 7.30. The summed E-state index contributed by atoms with van der Waals surface area (Å²) in [7, 11) is 1.89. The Bertz CT molecular complexity index is 326. The average molecular weight is 309 g/mol. The van der Waals surface area contributed by atoms with Crippen LogP contribution < -0.4 is 0 Å². The lowest BCUT2D eigenvalue weighted by Crippen LogP contribution is -2.35. The number of nitrogens with zero attached hydrogens (tertiary/aromatic N) is 1. The Morgan fingerprint density at radius 3 is 2.14 bits per heavy atom. The van der Waals surface area contributed by atoms with Crippen LogP contribution >= 0.6 is 0 Å². The van der Waals surface area contributed by atoms with Gasteiger partial charge in [0.25, 0.3) is 0 Å². The van der Waals surface area contributed by atoms with Crippen molar-refractivity contribution < 1.29 is 9.53 Å². The summed E-state index contributed by atoms with van der Waals surface area (Å²) in [6, 6.07) is 0. The van der Waals surface area contributed by atoms with Crippen molar-refractivity contribution >= 4 is 5.91 Å². The fraction of sp³-hybridized carbons (Fsp3) is 0.947. The Morgan fingerprint density at radius 1 is 1.05 bits per heavy atom. The molecule has 1 saturated heterocycles. The van der Waals surface area contributed by atoms with Crippen LogP contribution in [0, 0.1) is 5.92 Å². The van der Waals surface area contributed by atoms with Crippen LogP contribution in [-0.2, 0) is 9.53 Å². The minimum absolute atomic E-state index is 0.354. The highest BCUT2D eigenvalue weighted by Gasteiger charge is 2.49. The van der Waals surface area contributed by atoms with Gasteiger partial charge >= 0.3 is 0 Å². The van der Waals surface area contributed by atoms with E-state index in [1.165, 1.54) is 64.2 Å². The number of likely N-dealkylation sites (tertiary alicyclic amines) is 1. The van der Waals surface area contributed by atoms with Gasteiger partial charge in [0, 0.05) is 26.6 Å². The molecule has 1 amide bonds. The summed E-state index contributed by atoms with van der Waals surface area (Å²) in [4.78, 5) is 13.3. The zero-order valence-electron chi connectivity index (χ0n) is 14.7. The number of piperidine rings is 1. The number of hydrogen-bond donors (Lipinski definition) is 0. The molecule has 0 atom stereocenters. The minimum atomic E-state index is 0.354. The van der Waals surface area contributed by atoms with Gasteiger partial charge in [-0.1, -0.05) is 26.2 Å². The summed E-state index contributed by atoms with van der Waals surface area (Å²) in [6.07, 6.45) is 15.3. The molecule has 3 aliphatic rings. The van der Waals surface area contributed by atoms with E-state index in [0.717, 1.165) is 31.8 Å². The number of carbonyl (C=O) groups is 1. The molecule has 0 aromatic carbocycles. The van der Waals surface area contributed by atoms with Crippen molar-refractivity contribution in [1.29, 1.82) is 0 Å². The molecule has 22 heavy (non-hydrogen) atoms. The number of rotatable bonds is 4. The largest absolute Gasteiger partial charge is 0.378 e. The van der Waals surface area contributed by atoms with Gasteiger partial charge < -0.3 is 9.64 Å². The Morgan fingerprint density at radius 2 is 1.64 bits per heavy atom. The van der Waals surface area contributed by atoms with Crippen molar-refractivity contribution in [3.63, 3.8) is 0 Å². The third-order valence-electron chi connectivity index (χ3n) is 5.67. The summed E-state index contributed by atoms with van der Waals surface area (Å²) in [5.41, 5.74) is 0.362. The molecule has 0 radical (unpaired) electrons. The quantitative estimate of drug-likeness (QED) is 0.762. The summed E-state index contributed by atoms with van der Waals surface area (Å²) in [5.74, 6) is 1.26. The van der Waals surface area contributed by atoms with Crippen LogP contribution in [0.25, 0.3) is 0 Å². The van der Waals surface area contributed by atoms with Gasteiger partial charge in [0.15, 0.2) is 0 Å². The number of amides is 1. The number of carbonyl (C=O) groups excluding carboxylic acids is 1. The van der Waals surface area contributed by atoms with Gasteiger partial charge in [0.1, 0.15) is 0 Å². The molecule has 0 aromatic heterocycles. The fourth-order valence-electron chi connectivity index (χ4n) is 4.05. The number of methoxy groups -OCH3 is 1. The van der Waals surface area contributed by atoms with Gasteiger partial charge in [-0.05, 0) is 57.3 Å². The first-order valence-corrected chi connectivity index (χ1v) is 9.55. The van der Waals surface area contributed by atoms with E-state index in [9.17, 15) is 4.79 Å². The van der Waals surface area contributed by atoms with Crippen molar-refractivity contribution in [2.75, 3.05) is 20.2 Å². The lowest BCUT2D eigenvalue weighted by Gasteiger charge is -2.29. The van der Waals surface area contributed by atoms with E-state index in [2.05, 4.69) is 6.92 Å². The van der Waals surface area contributed by atoms with Crippen molar-refractivity contribution in [2.24, 2.45) is 5.92 Å². The van der Waals surface area contributed by atoms with E-state index >= 15 is 0 Å². The van der Waals surface area contributed by atoms with Gasteiger partial charge in [0.2, 0.25) is 5.91 Å². The first-order chi connectivity index (χ1) is 10.7. The Hall–Kier alpha value is -0.570. The van der Waals surface area contributed by atoms with E-state index in [1.54, 1.807) is 0 Å². The molecule has 3 rings (SSSR count). The summed E-state index contributed by atoms with van der Waals surface area (Å²) < 4.78 is 5.59. The molecule has 1 aliphatic heterocycles. The van der Waals surface area contributed by atoms with Crippen LogP contribution in [0.1, 0.15) is 84.0 Å². The Kier molecular flexibility index (Phi) is 7.20. The zero-order chi connectivity index (χ0) is 15.8. The molecule has 128 valence electrons. The first-order valence-electron chi connectivity index (χ1n) is 9.55. The van der Waals surface area contributed by atoms with Crippen molar-refractivity contribution in [3.05, 3.63) is 0 Å². The normalized spacial score (nSPS) is 24.4. The summed E-state index contributed by atoms with van der Waals surface area (Å²) >= 11 is 0. The highest BCUT2D eigenvalue weighted by Crippen LogP contribution is 2.50. The molecule has 0 bridgehead atoms. The third kappa shape index (κ3) is 4.97. The number of hydrogen-bond acceptors (Lipinski definition) is 2. The van der Waals surface area contributed by atoms with Gasteiger partial charge in [0.05, 0.1) is 5.60 Å². The van der Waals surface area contributed by atoms with Crippen molar-refractivity contribution in [1.82, 2.24) is 4.90 Å². The highest BCUT2D eigenvalue weighted by molar-refractivity contribution is 5.76. The predicted molar refractivity (Wildman–Crippen MR) is 90.9 cm³/mol. The summed E-state index contributed by atoms with van der Waals surface area (Å²) in [6.45, 7) is 4.06. The average Bonchev–Trinajstić information content (AvgIpc) is 3.39. The molecule has 0 unspecified atom stereocenters. The molecule has 3 nitrogen and oxygen atoms in total. The topological polar surface area (TPSA) is 29.5 Å². The lowest BCUT2D eigenvalue weighted by atomic mass is 9.84. The van der Waals surface area contributed by atoms with Gasteiger partial charge in [-0.25, -0.2) is 0 Å². The van der Waals surface area contributed by atoms with Crippen molar-refractivity contribution in [2.45, 2.75) is 89.6 Å². The van der Waals surface area contributed by atoms with E-state index in [4.69, 9.17) is 4.74 Å². The Balaban J connectivity index is 0.000000160. The monoisotopic (exact) mass is 309 g/mol. The smallest absolute Gasteiger partial charge is 0.222 e. The van der Waals surface area contributed by atoms with Crippen molar-refractivity contribution in [3.8, 4) is 0 Å². The van der Waals surface area contributed by atoms with Crippen LogP contribution in [0.5, 0.6) is 0 Å². The first kappa shape index (κ1) is 17.8. The zero-order valence-corrected chi connectivity index (χ0v) is 14.7. The third-order valence-corrected chi connectivity index (χ3v) is 5.67. The van der Waals surface area contributed by atoms with Crippen LogP contribution in [0.3, 0.4) is 0 Å². The van der Waals surface area contributed by atoms with Gasteiger partial charge in [-0.15, -0.1) is 0 Å². The molecule has 0 aromatic rings. The fourth-order valence-corrected chi connectivity index (χ4v) is 4.05. The van der Waals surface area contributed by atoms with Gasteiger partial charge in [-0.3, -0.25) is 4.79 Å². The van der Waals surface area contributed by atoms with Crippen LogP contribution in [0.2, 0.25) is 0 Å². The second-order valence-electron chi connectivity index (χ2n) is 7.30. The van der Waals surface area contributed by atoms with Crippen LogP contribution in [0.4, 0.5) is 0 Å². The maximum Gasteiger partial charge on any atom is 0.222 e. The second kappa shape index (κ2) is 8.90. The Labute approximate surface area is 136 Å². The molecule has 0 spiro atoms. The maximum absolute atomic E-state index is 11.3. The molecular weight excluding hydrogens is 274 g/mol. The van der Waals surface area contributed by atoms with E-state index < -0.39 is 0 Å². The van der Waals surface area contributed by atoms with Gasteiger partial charge in [-0.2, -0.15) is 0 Å². The highest BCUT2D eigenvalue weighted by atomic mass is 16.5. The number of ether oxygens (including phenoxy) is 1. The summed E-state index contributed by atoms with van der Waals surface area (Å²) in [5, 5.41) is 0. The molecule has 2 aliphatic carbocycles. The predicted octanol–water partition coefficient (Wildman–Crippen LogP) is 4.54. The standard InChI is InChI=1S/C10H18O.C9H17NO/c1-11-10(7-8-10)9-5-3-2-4-6-9;1-2-6-9(11)10-7-4-3-5-8-10/h9H,2-8H2,1H3;2-8H2,1H3. The molecule has 1 heterocycles. The van der Waals surface area contributed by atoms with E-state index in [-0.39, 0.29) is 0 Å². The van der Waals surface area contributed by atoms with E-state index in [0.29, 0.717) is 11.5 Å². The maximum atomic E-state index is 11.3. The SMILES string of the molecule is CCCC(=O)N1CCCCC1.COC1(C2CCCCC2)CC1. The molecule has 0 N–H and O–H groups in total. The molecule has 2 saturated carbocycles. The van der Waals surface area contributed by atoms with Crippen LogP contribution in [-0.4, -0.2) is 36.6 Å². The lowest BCUT2D eigenvalue weighted by molar-refractivity contribution is -0.132. The molecule has 3 fully saturated rings. The molecule has 3 heteroatoms. The van der Waals surface area contributed by atoms with E-state index in [1.807, 2.05) is 12.0 Å². The van der Waals surface area contributed by atoms with Crippen LogP contribution in [0.15, 0.2) is 0 Å². The minimum Gasteiger partial charge on any atom is -0.378 e. The molecular formula is C19H35NO2.